The van der Waals surface area contributed by atoms with Crippen LogP contribution >= 0.6 is 0 Å². The van der Waals surface area contributed by atoms with E-state index in [1.807, 2.05) is 57.2 Å². The minimum Gasteiger partial charge on any atom is -0.362 e. The molecule has 9 heteroatoms. The Labute approximate surface area is 178 Å². The maximum atomic E-state index is 11.6. The van der Waals surface area contributed by atoms with E-state index in [0.29, 0.717) is 24.2 Å². The maximum absolute atomic E-state index is 11.6. The van der Waals surface area contributed by atoms with Gasteiger partial charge >= 0.3 is 10.8 Å². The first-order valence-corrected chi connectivity index (χ1v) is 10.6. The van der Waals surface area contributed by atoms with Crippen LogP contribution in [-0.4, -0.2) is 17.5 Å². The Morgan fingerprint density at radius 2 is 1.93 bits per heavy atom. The van der Waals surface area contributed by atoms with Crippen LogP contribution in [0, 0.1) is 20.9 Å². The van der Waals surface area contributed by atoms with Gasteiger partial charge < -0.3 is 14.6 Å². The van der Waals surface area contributed by atoms with Gasteiger partial charge in [-0.3, -0.25) is 10.1 Å². The molecule has 0 radical (unpaired) electrons. The summed E-state index contributed by atoms with van der Waals surface area (Å²) in [5.74, 6) is 0. The summed E-state index contributed by atoms with van der Waals surface area (Å²) >= 11 is 0. The SMILES string of the molecule is CCC[N+]1(O[Cl+2]([O-])[O-])c2ccc([N+](=O)[O-])cc2C(C)(C)C1C=CNc1ccccc1. The van der Waals surface area contributed by atoms with Gasteiger partial charge in [-0.05, 0) is 43.1 Å². The van der Waals surface area contributed by atoms with Gasteiger partial charge in [-0.1, -0.05) is 25.1 Å². The number of non-ortho nitro benzene ring substituents is 1. The molecular weight excluding hydrogens is 410 g/mol. The van der Waals surface area contributed by atoms with Crippen molar-refractivity contribution in [2.45, 2.75) is 38.6 Å². The Bertz CT molecular complexity index is 935. The maximum Gasteiger partial charge on any atom is 0.354 e. The molecule has 0 bridgehead atoms. The molecule has 2 unspecified atom stereocenters. The molecule has 0 spiro atoms. The number of hydrogen-bond acceptors (Lipinski definition) is 6. The fourth-order valence-electron chi connectivity index (χ4n) is 4.27. The van der Waals surface area contributed by atoms with Gasteiger partial charge in [0.2, 0.25) is 4.39 Å². The summed E-state index contributed by atoms with van der Waals surface area (Å²) in [6.07, 6.45) is 4.28. The normalized spacial score (nSPS) is 22.4. The molecule has 1 aliphatic rings. The monoisotopic (exact) mass is 434 g/mol. The minimum absolute atomic E-state index is 0.0385. The van der Waals surface area contributed by atoms with E-state index in [1.165, 1.54) is 12.1 Å². The van der Waals surface area contributed by atoms with Gasteiger partial charge in [0.1, 0.15) is 6.54 Å². The molecule has 2 aromatic rings. The van der Waals surface area contributed by atoms with Gasteiger partial charge in [-0.25, -0.2) is 0 Å². The summed E-state index contributed by atoms with van der Waals surface area (Å²) in [6.45, 7) is 6.20. The van der Waals surface area contributed by atoms with Crippen molar-refractivity contribution in [1.82, 2.24) is 4.65 Å². The van der Waals surface area contributed by atoms with Crippen molar-refractivity contribution >= 4 is 17.1 Å². The zero-order valence-electron chi connectivity index (χ0n) is 17.1. The van der Waals surface area contributed by atoms with Crippen LogP contribution in [0.3, 0.4) is 0 Å². The molecule has 3 rings (SSSR count). The standard InChI is InChI=1S/C21H25ClN3O5/c1-4-14-25(30-22(26)27)19-11-10-17(24(28)29)15-18(19)21(2,3)20(25)12-13-23-16-8-6-5-7-9-16/h5-13,15,20,23H,4,14H2,1-3H3/q+1. The molecule has 1 N–H and O–H groups in total. The average Bonchev–Trinajstić information content (AvgIpc) is 2.87. The minimum atomic E-state index is -2.40. The summed E-state index contributed by atoms with van der Waals surface area (Å²) in [5, 5.41) is 14.5. The first-order valence-electron chi connectivity index (χ1n) is 9.63. The number of nitro groups is 1. The van der Waals surface area contributed by atoms with Crippen LogP contribution in [0.2, 0.25) is 0 Å². The number of nitro benzene ring substituents is 1. The van der Waals surface area contributed by atoms with Crippen molar-refractivity contribution in [1.29, 1.82) is 0 Å². The van der Waals surface area contributed by atoms with E-state index in [2.05, 4.69) is 5.32 Å². The topological polar surface area (TPSA) is 111 Å². The van der Waals surface area contributed by atoms with Crippen LogP contribution in [0.5, 0.6) is 0 Å². The lowest BCUT2D eigenvalue weighted by Gasteiger charge is -2.32. The predicted octanol–water partition coefficient (Wildman–Crippen LogP) is 2.62. The van der Waals surface area contributed by atoms with Crippen LogP contribution in [0.25, 0.3) is 0 Å². The number of nitrogens with one attached hydrogen (secondary N) is 1. The third-order valence-electron chi connectivity index (χ3n) is 5.52. The zero-order valence-corrected chi connectivity index (χ0v) is 17.8. The average molecular weight is 435 g/mol. The second kappa shape index (κ2) is 8.71. The highest BCUT2D eigenvalue weighted by atomic mass is 35.6. The number of hydroxylamine groups is 2. The highest BCUT2D eigenvalue weighted by Gasteiger charge is 2.63. The Morgan fingerprint density at radius 1 is 1.23 bits per heavy atom. The molecule has 0 aliphatic carbocycles. The molecule has 1 aliphatic heterocycles. The first-order chi connectivity index (χ1) is 14.2. The van der Waals surface area contributed by atoms with E-state index in [9.17, 15) is 19.4 Å². The van der Waals surface area contributed by atoms with Crippen molar-refractivity contribution in [3.05, 3.63) is 76.5 Å². The number of para-hydroxylation sites is 1. The third-order valence-corrected chi connectivity index (χ3v) is 5.88. The highest BCUT2D eigenvalue weighted by Crippen LogP contribution is 2.52. The van der Waals surface area contributed by atoms with Crippen molar-refractivity contribution in [2.24, 2.45) is 0 Å². The Kier molecular flexibility index (Phi) is 6.44. The zero-order chi connectivity index (χ0) is 21.9. The van der Waals surface area contributed by atoms with E-state index in [1.54, 1.807) is 12.3 Å². The van der Waals surface area contributed by atoms with Crippen LogP contribution in [0.15, 0.2) is 60.8 Å². The molecule has 30 heavy (non-hydrogen) atoms. The number of fused-ring (bicyclic) bond motifs is 1. The second-order valence-corrected chi connectivity index (χ2v) is 8.29. The summed E-state index contributed by atoms with van der Waals surface area (Å²) in [7, 11) is -2.40. The highest BCUT2D eigenvalue weighted by molar-refractivity contribution is 5.64. The number of anilines is 1. The number of rotatable bonds is 8. The van der Waals surface area contributed by atoms with Crippen molar-refractivity contribution in [2.75, 3.05) is 11.9 Å². The Hall–Kier alpha value is -2.49. The van der Waals surface area contributed by atoms with Gasteiger partial charge in [0.15, 0.2) is 11.7 Å². The number of nitrogens with zero attached hydrogens (tertiary/aromatic N) is 2. The number of benzene rings is 2. The van der Waals surface area contributed by atoms with E-state index in [0.717, 1.165) is 5.69 Å². The molecule has 0 saturated heterocycles. The second-order valence-electron chi connectivity index (χ2n) is 7.77. The lowest BCUT2D eigenvalue weighted by molar-refractivity contribution is -1.64. The van der Waals surface area contributed by atoms with Gasteiger partial charge in [-0.2, -0.15) is 0 Å². The predicted molar refractivity (Wildman–Crippen MR) is 107 cm³/mol. The van der Waals surface area contributed by atoms with Crippen LogP contribution in [0.4, 0.5) is 17.1 Å². The summed E-state index contributed by atoms with van der Waals surface area (Å²) in [5.41, 5.74) is 1.52. The van der Waals surface area contributed by atoms with Crippen molar-refractivity contribution < 1.29 is 29.4 Å². The molecular formula is C21H25ClN3O5+. The smallest absolute Gasteiger partial charge is 0.354 e. The number of halogens is 1. The molecule has 8 nitrogen and oxygen atoms in total. The molecule has 0 fully saturated rings. The molecule has 160 valence electrons. The van der Waals surface area contributed by atoms with Crippen molar-refractivity contribution in [3.8, 4) is 0 Å². The van der Waals surface area contributed by atoms with Crippen LogP contribution < -0.4 is 19.3 Å². The fourth-order valence-corrected chi connectivity index (χ4v) is 4.70. The largest absolute Gasteiger partial charge is 0.362 e. The lowest BCUT2D eigenvalue weighted by Crippen LogP contribution is -2.61. The molecule has 0 saturated carbocycles. The number of hydrogen-bond donors (Lipinski definition) is 1. The summed E-state index contributed by atoms with van der Waals surface area (Å²) in [6, 6.07) is 13.6. The Morgan fingerprint density at radius 3 is 2.53 bits per heavy atom. The lowest BCUT2D eigenvalue weighted by atomic mass is 9.80. The quantitative estimate of drug-likeness (QED) is 0.388. The molecule has 1 heterocycles. The van der Waals surface area contributed by atoms with Gasteiger partial charge in [0.25, 0.3) is 5.69 Å². The first kappa shape index (κ1) is 22.2. The molecule has 0 aromatic heterocycles. The van der Waals surface area contributed by atoms with Crippen LogP contribution in [-0.2, 0) is 9.81 Å². The third kappa shape index (κ3) is 4.05. The summed E-state index contributed by atoms with van der Waals surface area (Å²) in [4.78, 5) is 10.9. The Balaban J connectivity index is 2.10. The van der Waals surface area contributed by atoms with E-state index in [-0.39, 0.29) is 10.3 Å². The van der Waals surface area contributed by atoms with E-state index < -0.39 is 27.2 Å². The van der Waals surface area contributed by atoms with Crippen LogP contribution in [0.1, 0.15) is 32.8 Å². The van der Waals surface area contributed by atoms with Crippen molar-refractivity contribution in [3.63, 3.8) is 0 Å². The van der Waals surface area contributed by atoms with E-state index in [4.69, 9.17) is 4.39 Å². The van der Waals surface area contributed by atoms with Gasteiger partial charge in [-0.15, -0.1) is 0 Å². The van der Waals surface area contributed by atoms with Gasteiger partial charge in [0.05, 0.1) is 10.3 Å². The molecule has 2 atom stereocenters. The molecule has 2 aromatic carbocycles. The summed E-state index contributed by atoms with van der Waals surface area (Å²) < 4.78 is 28.5. The van der Waals surface area contributed by atoms with Gasteiger partial charge in [0, 0.05) is 35.6 Å². The molecule has 0 amide bonds. The number of quaternary nitrogens is 1. The van der Waals surface area contributed by atoms with E-state index >= 15 is 0 Å². The fraction of sp³-hybridized carbons (Fsp3) is 0.333.